The van der Waals surface area contributed by atoms with E-state index in [2.05, 4.69) is 4.74 Å². The van der Waals surface area contributed by atoms with Crippen LogP contribution < -0.4 is 5.73 Å². The van der Waals surface area contributed by atoms with Crippen molar-refractivity contribution < 1.29 is 17.9 Å². The zero-order valence-corrected chi connectivity index (χ0v) is 8.89. The molecule has 16 heavy (non-hydrogen) atoms. The van der Waals surface area contributed by atoms with E-state index in [1.807, 2.05) is 6.07 Å². The van der Waals surface area contributed by atoms with Gasteiger partial charge in [0.1, 0.15) is 12.1 Å². The molecule has 1 aliphatic rings. The number of hydrogen-bond donors (Lipinski definition) is 1. The zero-order chi connectivity index (χ0) is 12.2. The van der Waals surface area contributed by atoms with Gasteiger partial charge in [0.25, 0.3) is 0 Å². The molecule has 0 aromatic rings. The number of halogens is 3. The van der Waals surface area contributed by atoms with Gasteiger partial charge in [-0.3, -0.25) is 0 Å². The van der Waals surface area contributed by atoms with E-state index < -0.39 is 18.3 Å². The van der Waals surface area contributed by atoms with E-state index >= 15 is 0 Å². The fourth-order valence-corrected chi connectivity index (χ4v) is 2.07. The van der Waals surface area contributed by atoms with Crippen LogP contribution in [-0.2, 0) is 4.74 Å². The average Bonchev–Trinajstić information content (AvgIpc) is 2.54. The third-order valence-electron chi connectivity index (χ3n) is 2.96. The predicted octanol–water partition coefficient (Wildman–Crippen LogP) is 1.98. The molecular weight excluding hydrogens is 221 g/mol. The van der Waals surface area contributed by atoms with Crippen LogP contribution in [0.4, 0.5) is 13.2 Å². The molecule has 0 heterocycles. The maximum atomic E-state index is 11.8. The largest absolute Gasteiger partial charge is 0.411 e. The lowest BCUT2D eigenvalue weighted by atomic mass is 9.87. The number of nitrogens with two attached hydrogens (primary N) is 1. The van der Waals surface area contributed by atoms with Crippen LogP contribution in [0, 0.1) is 17.2 Å². The summed E-state index contributed by atoms with van der Waals surface area (Å²) in [5, 5.41) is 8.89. The van der Waals surface area contributed by atoms with E-state index in [1.54, 1.807) is 0 Å². The maximum Gasteiger partial charge on any atom is 0.411 e. The minimum Gasteiger partial charge on any atom is -0.372 e. The van der Waals surface area contributed by atoms with E-state index in [0.717, 1.165) is 12.8 Å². The maximum absolute atomic E-state index is 11.8. The topological polar surface area (TPSA) is 59.0 Å². The average molecular weight is 236 g/mol. The van der Waals surface area contributed by atoms with Gasteiger partial charge in [-0.05, 0) is 25.2 Å². The summed E-state index contributed by atoms with van der Waals surface area (Å²) in [5.74, 6) is -0.0502. The van der Waals surface area contributed by atoms with E-state index in [4.69, 9.17) is 11.0 Å². The summed E-state index contributed by atoms with van der Waals surface area (Å²) in [7, 11) is 0. The van der Waals surface area contributed by atoms with Crippen LogP contribution in [0.5, 0.6) is 0 Å². The van der Waals surface area contributed by atoms with Gasteiger partial charge < -0.3 is 10.5 Å². The molecule has 2 unspecified atom stereocenters. The van der Waals surface area contributed by atoms with Crippen molar-refractivity contribution in [1.82, 2.24) is 0 Å². The number of rotatable bonds is 4. The normalized spacial score (nSPS) is 30.3. The first kappa shape index (κ1) is 13.3. The Morgan fingerprint density at radius 3 is 2.75 bits per heavy atom. The molecule has 2 N–H and O–H groups in total. The molecule has 0 bridgehead atoms. The van der Waals surface area contributed by atoms with E-state index in [9.17, 15) is 13.2 Å². The quantitative estimate of drug-likeness (QED) is 0.759. The minimum absolute atomic E-state index is 0.00477. The fraction of sp³-hybridized carbons (Fsp3) is 0.900. The molecule has 0 amide bonds. The van der Waals surface area contributed by atoms with Crippen molar-refractivity contribution in [2.45, 2.75) is 37.4 Å². The van der Waals surface area contributed by atoms with E-state index in [0.29, 0.717) is 12.8 Å². The molecule has 1 aliphatic carbocycles. The first-order valence-electron chi connectivity index (χ1n) is 5.22. The van der Waals surface area contributed by atoms with Crippen LogP contribution in [0.15, 0.2) is 0 Å². The smallest absolute Gasteiger partial charge is 0.372 e. The highest BCUT2D eigenvalue weighted by Gasteiger charge is 2.39. The van der Waals surface area contributed by atoms with Crippen LogP contribution in [0.3, 0.4) is 0 Å². The van der Waals surface area contributed by atoms with Crippen LogP contribution in [-0.4, -0.2) is 24.9 Å². The second-order valence-electron chi connectivity index (χ2n) is 4.20. The molecule has 92 valence electrons. The molecular formula is C10H15F3N2O. The third kappa shape index (κ3) is 3.65. The van der Waals surface area contributed by atoms with Gasteiger partial charge in [-0.1, -0.05) is 6.42 Å². The Hall–Kier alpha value is -0.800. The molecule has 0 radical (unpaired) electrons. The molecule has 0 saturated heterocycles. The van der Waals surface area contributed by atoms with Gasteiger partial charge >= 0.3 is 6.18 Å². The van der Waals surface area contributed by atoms with Crippen LogP contribution in [0.1, 0.15) is 25.7 Å². The van der Waals surface area contributed by atoms with Gasteiger partial charge in [0.15, 0.2) is 0 Å². The number of nitriles is 1. The van der Waals surface area contributed by atoms with Gasteiger partial charge in [0.2, 0.25) is 0 Å². The summed E-state index contributed by atoms with van der Waals surface area (Å²) in [6.07, 6.45) is -1.61. The highest BCUT2D eigenvalue weighted by molar-refractivity contribution is 5.11. The molecule has 1 fully saturated rings. The Labute approximate surface area is 92.4 Å². The van der Waals surface area contributed by atoms with Crippen molar-refractivity contribution in [2.75, 3.05) is 13.2 Å². The van der Waals surface area contributed by atoms with Crippen molar-refractivity contribution in [3.05, 3.63) is 0 Å². The van der Waals surface area contributed by atoms with Crippen molar-refractivity contribution >= 4 is 0 Å². The van der Waals surface area contributed by atoms with Gasteiger partial charge in [-0.2, -0.15) is 18.4 Å². The second kappa shape index (κ2) is 5.02. The summed E-state index contributed by atoms with van der Waals surface area (Å²) < 4.78 is 39.8. The zero-order valence-electron chi connectivity index (χ0n) is 8.89. The fourth-order valence-electron chi connectivity index (χ4n) is 2.07. The van der Waals surface area contributed by atoms with Gasteiger partial charge in [-0.25, -0.2) is 0 Å². The molecule has 0 aliphatic heterocycles. The summed E-state index contributed by atoms with van der Waals surface area (Å²) in [5.41, 5.74) is 4.96. The van der Waals surface area contributed by atoms with Crippen molar-refractivity contribution in [3.63, 3.8) is 0 Å². The summed E-state index contributed by atoms with van der Waals surface area (Å²) in [4.78, 5) is 0. The number of hydrogen-bond acceptors (Lipinski definition) is 3. The van der Waals surface area contributed by atoms with Crippen molar-refractivity contribution in [2.24, 2.45) is 11.7 Å². The highest BCUT2D eigenvalue weighted by Crippen LogP contribution is 2.35. The van der Waals surface area contributed by atoms with Gasteiger partial charge in [0.05, 0.1) is 6.07 Å². The molecule has 2 atom stereocenters. The number of alkyl halides is 3. The first-order chi connectivity index (χ1) is 7.37. The minimum atomic E-state index is -4.29. The molecule has 3 nitrogen and oxygen atoms in total. The molecule has 6 heteroatoms. The lowest BCUT2D eigenvalue weighted by Crippen LogP contribution is -2.42. The lowest BCUT2D eigenvalue weighted by molar-refractivity contribution is -0.174. The summed E-state index contributed by atoms with van der Waals surface area (Å²) in [6.45, 7) is -1.23. The van der Waals surface area contributed by atoms with Crippen LogP contribution >= 0.6 is 0 Å². The highest BCUT2D eigenvalue weighted by atomic mass is 19.4. The predicted molar refractivity (Wildman–Crippen MR) is 51.4 cm³/mol. The van der Waals surface area contributed by atoms with Crippen molar-refractivity contribution in [3.8, 4) is 6.07 Å². The SMILES string of the molecule is N#CC1(N)CCCC1CCOCC(F)(F)F. The second-order valence-corrected chi connectivity index (χ2v) is 4.20. The molecule has 1 rings (SSSR count). The van der Waals surface area contributed by atoms with Crippen LogP contribution in [0.2, 0.25) is 0 Å². The van der Waals surface area contributed by atoms with Crippen LogP contribution in [0.25, 0.3) is 0 Å². The third-order valence-corrected chi connectivity index (χ3v) is 2.96. The first-order valence-corrected chi connectivity index (χ1v) is 5.22. The van der Waals surface area contributed by atoms with Crippen molar-refractivity contribution in [1.29, 1.82) is 5.26 Å². The summed E-state index contributed by atoms with van der Waals surface area (Å²) >= 11 is 0. The van der Waals surface area contributed by atoms with Gasteiger partial charge in [-0.15, -0.1) is 0 Å². The Morgan fingerprint density at radius 1 is 1.50 bits per heavy atom. The van der Waals surface area contributed by atoms with E-state index in [1.165, 1.54) is 0 Å². The Balaban J connectivity index is 2.26. The number of ether oxygens (including phenoxy) is 1. The van der Waals surface area contributed by atoms with Gasteiger partial charge in [0, 0.05) is 6.61 Å². The monoisotopic (exact) mass is 236 g/mol. The Morgan fingerprint density at radius 2 is 2.19 bits per heavy atom. The Kier molecular flexibility index (Phi) is 4.16. The molecule has 0 spiro atoms. The van der Waals surface area contributed by atoms with E-state index in [-0.39, 0.29) is 12.5 Å². The molecule has 1 saturated carbocycles. The Bertz CT molecular complexity index is 274. The standard InChI is InChI=1S/C10H15F3N2O/c11-10(12,13)7-16-5-3-8-2-1-4-9(8,15)6-14/h8H,1-5,7,15H2. The number of nitrogens with zero attached hydrogens (tertiary/aromatic N) is 1. The molecule has 0 aromatic carbocycles. The molecule has 0 aromatic heterocycles. The lowest BCUT2D eigenvalue weighted by Gasteiger charge is -2.23. The summed E-state index contributed by atoms with van der Waals surface area (Å²) in [6, 6.07) is 2.05.